The van der Waals surface area contributed by atoms with Gasteiger partial charge in [0.1, 0.15) is 11.5 Å². The average molecular weight is 180 g/mol. The van der Waals surface area contributed by atoms with E-state index in [0.717, 1.165) is 17.2 Å². The second-order valence-corrected chi connectivity index (χ2v) is 2.98. The van der Waals surface area contributed by atoms with Crippen molar-refractivity contribution in [3.63, 3.8) is 0 Å². The predicted molar refractivity (Wildman–Crippen MR) is 47.6 cm³/mol. The summed E-state index contributed by atoms with van der Waals surface area (Å²) >= 11 is 5.05. The molecular formula is C7H8N4S. The summed E-state index contributed by atoms with van der Waals surface area (Å²) in [5, 5.41) is 0. The molecule has 0 amide bonds. The maximum absolute atomic E-state index is 5.05. The first kappa shape index (κ1) is 7.42. The molecule has 5 heteroatoms. The molecule has 0 aliphatic rings. The number of hydrogen-bond donors (Lipinski definition) is 1. The highest BCUT2D eigenvalue weighted by Gasteiger charge is 2.04. The Bertz CT molecular complexity index is 482. The van der Waals surface area contributed by atoms with Crippen LogP contribution in [0.15, 0.2) is 6.33 Å². The molecule has 62 valence electrons. The van der Waals surface area contributed by atoms with E-state index < -0.39 is 0 Å². The maximum atomic E-state index is 5.05. The number of aromatic amines is 1. The second-order valence-electron chi connectivity index (χ2n) is 2.61. The van der Waals surface area contributed by atoms with Crippen molar-refractivity contribution in [3.8, 4) is 0 Å². The van der Waals surface area contributed by atoms with Crippen LogP contribution in [0.2, 0.25) is 0 Å². The van der Waals surface area contributed by atoms with E-state index in [2.05, 4.69) is 15.0 Å². The smallest absolute Gasteiger partial charge is 0.208 e. The molecule has 2 rings (SSSR count). The van der Waals surface area contributed by atoms with E-state index >= 15 is 0 Å². The van der Waals surface area contributed by atoms with Gasteiger partial charge in [-0.3, -0.25) is 4.40 Å². The van der Waals surface area contributed by atoms with E-state index in [1.807, 2.05) is 18.2 Å². The van der Waals surface area contributed by atoms with E-state index in [4.69, 9.17) is 12.2 Å². The molecular weight excluding hydrogens is 172 g/mol. The Morgan fingerprint density at radius 2 is 2.25 bits per heavy atom. The Labute approximate surface area is 74.3 Å². The van der Waals surface area contributed by atoms with Gasteiger partial charge in [-0.2, -0.15) is 0 Å². The monoisotopic (exact) mass is 180 g/mol. The molecule has 0 radical (unpaired) electrons. The summed E-state index contributed by atoms with van der Waals surface area (Å²) in [5.74, 6) is 0.872. The highest BCUT2D eigenvalue weighted by molar-refractivity contribution is 7.71. The van der Waals surface area contributed by atoms with E-state index in [1.54, 1.807) is 6.33 Å². The molecule has 0 fully saturated rings. The average Bonchev–Trinajstić information content (AvgIpc) is 2.29. The van der Waals surface area contributed by atoms with Crippen molar-refractivity contribution in [2.75, 3.05) is 0 Å². The molecule has 0 bridgehead atoms. The first-order chi connectivity index (χ1) is 5.70. The number of aryl methyl sites for hydroxylation is 2. The van der Waals surface area contributed by atoms with Crippen molar-refractivity contribution >= 4 is 17.9 Å². The van der Waals surface area contributed by atoms with Crippen LogP contribution in [0.1, 0.15) is 11.5 Å². The molecule has 2 heterocycles. The van der Waals surface area contributed by atoms with Crippen LogP contribution in [0, 0.1) is 18.6 Å². The number of aromatic nitrogens is 4. The fourth-order valence-corrected chi connectivity index (χ4v) is 1.55. The summed E-state index contributed by atoms with van der Waals surface area (Å²) in [7, 11) is 0. The topological polar surface area (TPSA) is 46.0 Å². The first-order valence-electron chi connectivity index (χ1n) is 3.59. The molecule has 2 aromatic rings. The van der Waals surface area contributed by atoms with Gasteiger partial charge in [-0.25, -0.2) is 9.97 Å². The quantitative estimate of drug-likeness (QED) is 0.623. The minimum absolute atomic E-state index is 0.543. The number of hydrogen-bond acceptors (Lipinski definition) is 3. The van der Waals surface area contributed by atoms with Crippen molar-refractivity contribution in [2.24, 2.45) is 0 Å². The molecule has 0 aromatic carbocycles. The van der Waals surface area contributed by atoms with Crippen molar-refractivity contribution in [3.05, 3.63) is 22.6 Å². The number of H-pyrrole nitrogens is 1. The number of fused-ring (bicyclic) bond motifs is 1. The molecule has 0 aliphatic heterocycles. The zero-order chi connectivity index (χ0) is 8.72. The zero-order valence-corrected chi connectivity index (χ0v) is 7.64. The van der Waals surface area contributed by atoms with E-state index in [9.17, 15) is 0 Å². The Morgan fingerprint density at radius 1 is 1.50 bits per heavy atom. The number of imidazole rings is 1. The van der Waals surface area contributed by atoms with E-state index in [1.165, 1.54) is 0 Å². The SMILES string of the molecule is Cc1nc(C)n2c(=S)nc[nH]c12. The van der Waals surface area contributed by atoms with Crippen molar-refractivity contribution < 1.29 is 0 Å². The third-order valence-corrected chi connectivity index (χ3v) is 2.07. The highest BCUT2D eigenvalue weighted by Crippen LogP contribution is 2.07. The van der Waals surface area contributed by atoms with Crippen molar-refractivity contribution in [1.29, 1.82) is 0 Å². The largest absolute Gasteiger partial charge is 0.330 e. The van der Waals surface area contributed by atoms with Gasteiger partial charge in [0.05, 0.1) is 12.0 Å². The second kappa shape index (κ2) is 2.38. The fraction of sp³-hybridized carbons (Fsp3) is 0.286. The minimum Gasteiger partial charge on any atom is -0.330 e. The van der Waals surface area contributed by atoms with Gasteiger partial charge in [0.25, 0.3) is 0 Å². The molecule has 0 aliphatic carbocycles. The molecule has 12 heavy (non-hydrogen) atoms. The van der Waals surface area contributed by atoms with Crippen LogP contribution in [0.3, 0.4) is 0 Å². The van der Waals surface area contributed by atoms with Crippen molar-refractivity contribution in [2.45, 2.75) is 13.8 Å². The molecule has 0 unspecified atom stereocenters. The third kappa shape index (κ3) is 0.863. The summed E-state index contributed by atoms with van der Waals surface area (Å²) < 4.78 is 2.37. The molecule has 0 saturated heterocycles. The predicted octanol–water partition coefficient (Wildman–Crippen LogP) is 1.40. The van der Waals surface area contributed by atoms with E-state index in [-0.39, 0.29) is 0 Å². The van der Waals surface area contributed by atoms with Crippen LogP contribution in [0.5, 0.6) is 0 Å². The fourth-order valence-electron chi connectivity index (χ4n) is 1.28. The third-order valence-electron chi connectivity index (χ3n) is 1.79. The number of nitrogens with zero attached hydrogens (tertiary/aromatic N) is 3. The lowest BCUT2D eigenvalue weighted by atomic mass is 10.5. The molecule has 0 saturated carbocycles. The summed E-state index contributed by atoms with van der Waals surface area (Å²) in [6.07, 6.45) is 1.59. The summed E-state index contributed by atoms with van der Waals surface area (Å²) in [6.45, 7) is 3.85. The standard InChI is InChI=1S/C7H8N4S/c1-4-6-8-3-9-7(12)11(6)5(2)10-4/h3H,1-2H3,(H,8,9,12). The van der Waals surface area contributed by atoms with Gasteiger partial charge in [0.15, 0.2) is 0 Å². The lowest BCUT2D eigenvalue weighted by Crippen LogP contribution is -1.94. The Hall–Kier alpha value is -1.23. The van der Waals surface area contributed by atoms with Crippen LogP contribution < -0.4 is 0 Å². The van der Waals surface area contributed by atoms with Crippen molar-refractivity contribution in [1.82, 2.24) is 19.4 Å². The highest BCUT2D eigenvalue weighted by atomic mass is 32.1. The molecule has 0 atom stereocenters. The van der Waals surface area contributed by atoms with Gasteiger partial charge in [-0.15, -0.1) is 0 Å². The van der Waals surface area contributed by atoms with Gasteiger partial charge in [-0.05, 0) is 26.1 Å². The van der Waals surface area contributed by atoms with Gasteiger partial charge in [0, 0.05) is 0 Å². The Kier molecular flexibility index (Phi) is 1.47. The minimum atomic E-state index is 0.543. The Morgan fingerprint density at radius 3 is 2.92 bits per heavy atom. The Balaban J connectivity index is 3.09. The molecule has 4 nitrogen and oxygen atoms in total. The van der Waals surface area contributed by atoms with Gasteiger partial charge in [0.2, 0.25) is 4.77 Å². The zero-order valence-electron chi connectivity index (χ0n) is 6.83. The van der Waals surface area contributed by atoms with Crippen LogP contribution in [-0.2, 0) is 0 Å². The van der Waals surface area contributed by atoms with Crippen LogP contribution >= 0.6 is 12.2 Å². The lowest BCUT2D eigenvalue weighted by molar-refractivity contribution is 0.944. The summed E-state index contributed by atoms with van der Waals surface area (Å²) in [5.41, 5.74) is 1.87. The summed E-state index contributed by atoms with van der Waals surface area (Å²) in [6, 6.07) is 0. The lowest BCUT2D eigenvalue weighted by Gasteiger charge is -1.93. The number of nitrogens with one attached hydrogen (secondary N) is 1. The van der Waals surface area contributed by atoms with Crippen LogP contribution in [0.25, 0.3) is 5.65 Å². The number of rotatable bonds is 0. The van der Waals surface area contributed by atoms with Crippen LogP contribution in [0.4, 0.5) is 0 Å². The van der Waals surface area contributed by atoms with E-state index in [0.29, 0.717) is 4.77 Å². The first-order valence-corrected chi connectivity index (χ1v) is 4.00. The van der Waals surface area contributed by atoms with Gasteiger partial charge < -0.3 is 4.98 Å². The summed E-state index contributed by atoms with van der Waals surface area (Å²) in [4.78, 5) is 11.2. The normalized spacial score (nSPS) is 10.8. The van der Waals surface area contributed by atoms with Gasteiger partial charge >= 0.3 is 0 Å². The molecule has 0 spiro atoms. The molecule has 2 aromatic heterocycles. The maximum Gasteiger partial charge on any atom is 0.208 e. The molecule has 1 N–H and O–H groups in total. The van der Waals surface area contributed by atoms with Gasteiger partial charge in [-0.1, -0.05) is 0 Å². The van der Waals surface area contributed by atoms with Crippen LogP contribution in [-0.4, -0.2) is 19.4 Å².